The smallest absolute Gasteiger partial charge is 0.275 e. The Labute approximate surface area is 161 Å². The second kappa shape index (κ2) is 7.12. The van der Waals surface area contributed by atoms with E-state index in [1.807, 2.05) is 4.90 Å². The first kappa shape index (κ1) is 18.2. The largest absolute Gasteiger partial charge is 0.392 e. The lowest BCUT2D eigenvalue weighted by Crippen LogP contribution is -2.60. The number of hydrogen-bond donors (Lipinski definition) is 1. The SMILES string of the molecule is Cc1nsnc1C(=O)N1CCC[C@]2(C1)CN(c1ncccc1F)CC[C@H]2O. The molecule has 7 nitrogen and oxygen atoms in total. The number of aryl methyl sites for hydroxylation is 1. The number of amides is 1. The first-order valence-corrected chi connectivity index (χ1v) is 9.85. The molecule has 144 valence electrons. The third-order valence-corrected chi connectivity index (χ3v) is 6.29. The molecule has 0 bridgehead atoms. The lowest BCUT2D eigenvalue weighted by atomic mass is 9.71. The van der Waals surface area contributed by atoms with Gasteiger partial charge in [-0.1, -0.05) is 0 Å². The van der Waals surface area contributed by atoms with E-state index in [0.29, 0.717) is 49.8 Å². The molecular formula is C18H22FN5O2S. The molecule has 2 aromatic rings. The average Bonchev–Trinajstić information content (AvgIpc) is 3.10. The van der Waals surface area contributed by atoms with E-state index in [1.54, 1.807) is 24.1 Å². The summed E-state index contributed by atoms with van der Waals surface area (Å²) in [4.78, 5) is 20.7. The van der Waals surface area contributed by atoms with Crippen molar-refractivity contribution < 1.29 is 14.3 Å². The molecule has 4 heterocycles. The van der Waals surface area contributed by atoms with Gasteiger partial charge in [0.15, 0.2) is 17.3 Å². The second-order valence-electron chi connectivity index (χ2n) is 7.43. The van der Waals surface area contributed by atoms with Gasteiger partial charge in [-0.25, -0.2) is 9.37 Å². The maximum atomic E-state index is 14.2. The predicted molar refractivity (Wildman–Crippen MR) is 99.2 cm³/mol. The van der Waals surface area contributed by atoms with Gasteiger partial charge in [0.25, 0.3) is 5.91 Å². The van der Waals surface area contributed by atoms with Gasteiger partial charge in [0.1, 0.15) is 0 Å². The number of aliphatic hydroxyl groups excluding tert-OH is 1. The highest BCUT2D eigenvalue weighted by Gasteiger charge is 2.47. The van der Waals surface area contributed by atoms with Crippen LogP contribution in [0.2, 0.25) is 0 Å². The molecule has 2 fully saturated rings. The number of hydrogen-bond acceptors (Lipinski definition) is 7. The molecule has 4 rings (SSSR count). The topological polar surface area (TPSA) is 82.5 Å². The molecule has 2 aromatic heterocycles. The quantitative estimate of drug-likeness (QED) is 0.842. The number of piperidine rings is 2. The standard InChI is InChI=1S/C18H22FN5O2S/c1-12-15(22-27-21-12)17(26)24-8-3-6-18(11-24)10-23(9-5-14(18)25)16-13(19)4-2-7-20-16/h2,4,7,14,25H,3,5-6,8-11H2,1H3/t14-,18-/m1/s1. The van der Waals surface area contributed by atoms with E-state index >= 15 is 0 Å². The van der Waals surface area contributed by atoms with Crippen molar-refractivity contribution >= 4 is 23.5 Å². The van der Waals surface area contributed by atoms with Crippen LogP contribution in [-0.2, 0) is 0 Å². The van der Waals surface area contributed by atoms with Gasteiger partial charge < -0.3 is 14.9 Å². The van der Waals surface area contributed by atoms with Gasteiger partial charge in [0.05, 0.1) is 23.5 Å². The Balaban J connectivity index is 1.58. The van der Waals surface area contributed by atoms with E-state index in [1.165, 1.54) is 6.07 Å². The van der Waals surface area contributed by atoms with E-state index < -0.39 is 11.5 Å². The van der Waals surface area contributed by atoms with Gasteiger partial charge in [0, 0.05) is 37.8 Å². The van der Waals surface area contributed by atoms with Crippen molar-refractivity contribution in [2.45, 2.75) is 32.3 Å². The van der Waals surface area contributed by atoms with Gasteiger partial charge in [-0.3, -0.25) is 4.79 Å². The number of carbonyl (C=O) groups excluding carboxylic acids is 1. The fraction of sp³-hybridized carbons (Fsp3) is 0.556. The molecule has 2 atom stereocenters. The fourth-order valence-electron chi connectivity index (χ4n) is 4.25. The number of aromatic nitrogens is 3. The van der Waals surface area contributed by atoms with Crippen LogP contribution >= 0.6 is 11.7 Å². The Hall–Kier alpha value is -2.13. The van der Waals surface area contributed by atoms with Gasteiger partial charge in [-0.15, -0.1) is 0 Å². The number of likely N-dealkylation sites (tertiary alicyclic amines) is 1. The maximum Gasteiger partial charge on any atom is 0.275 e. The van der Waals surface area contributed by atoms with Crippen molar-refractivity contribution in [1.82, 2.24) is 18.6 Å². The van der Waals surface area contributed by atoms with Crippen molar-refractivity contribution in [3.63, 3.8) is 0 Å². The van der Waals surface area contributed by atoms with Crippen molar-refractivity contribution in [2.24, 2.45) is 5.41 Å². The van der Waals surface area contributed by atoms with E-state index in [4.69, 9.17) is 0 Å². The van der Waals surface area contributed by atoms with E-state index in [-0.39, 0.29) is 11.7 Å². The van der Waals surface area contributed by atoms with E-state index in [2.05, 4.69) is 13.7 Å². The number of pyridine rings is 1. The molecule has 2 aliphatic rings. The molecule has 0 aromatic carbocycles. The Morgan fingerprint density at radius 2 is 2.22 bits per heavy atom. The summed E-state index contributed by atoms with van der Waals surface area (Å²) < 4.78 is 22.4. The monoisotopic (exact) mass is 391 g/mol. The number of halogens is 1. The summed E-state index contributed by atoms with van der Waals surface area (Å²) in [6.45, 7) is 3.84. The number of anilines is 1. The minimum Gasteiger partial charge on any atom is -0.392 e. The molecule has 2 saturated heterocycles. The number of nitrogens with zero attached hydrogens (tertiary/aromatic N) is 5. The van der Waals surface area contributed by atoms with Crippen LogP contribution in [0.25, 0.3) is 0 Å². The zero-order valence-corrected chi connectivity index (χ0v) is 16.0. The molecule has 0 radical (unpaired) electrons. The highest BCUT2D eigenvalue weighted by atomic mass is 32.1. The van der Waals surface area contributed by atoms with Gasteiger partial charge in [-0.05, 0) is 38.3 Å². The zero-order chi connectivity index (χ0) is 19.0. The zero-order valence-electron chi connectivity index (χ0n) is 15.1. The Bertz CT molecular complexity index is 847. The van der Waals surface area contributed by atoms with Crippen LogP contribution in [0.5, 0.6) is 0 Å². The normalized spacial score (nSPS) is 25.8. The Morgan fingerprint density at radius 3 is 2.96 bits per heavy atom. The van der Waals surface area contributed by atoms with Gasteiger partial charge >= 0.3 is 0 Å². The lowest BCUT2D eigenvalue weighted by Gasteiger charge is -2.51. The summed E-state index contributed by atoms with van der Waals surface area (Å²) in [6, 6.07) is 2.97. The summed E-state index contributed by atoms with van der Waals surface area (Å²) in [7, 11) is 0. The Morgan fingerprint density at radius 1 is 1.37 bits per heavy atom. The van der Waals surface area contributed by atoms with Gasteiger partial charge in [0.2, 0.25) is 0 Å². The molecule has 1 spiro atoms. The fourth-order valence-corrected chi connectivity index (χ4v) is 4.79. The molecular weight excluding hydrogens is 369 g/mol. The third kappa shape index (κ3) is 3.29. The van der Waals surface area contributed by atoms with E-state index in [9.17, 15) is 14.3 Å². The number of aliphatic hydroxyl groups is 1. The summed E-state index contributed by atoms with van der Waals surface area (Å²) in [5, 5.41) is 10.8. The summed E-state index contributed by atoms with van der Waals surface area (Å²) in [6.07, 6.45) is 3.14. The predicted octanol–water partition coefficient (Wildman–Crippen LogP) is 1.87. The molecule has 1 amide bonds. The van der Waals surface area contributed by atoms with Gasteiger partial charge in [-0.2, -0.15) is 8.75 Å². The molecule has 0 unspecified atom stereocenters. The summed E-state index contributed by atoms with van der Waals surface area (Å²) in [5.41, 5.74) is 0.522. The highest BCUT2D eigenvalue weighted by molar-refractivity contribution is 6.99. The molecule has 27 heavy (non-hydrogen) atoms. The van der Waals surface area contributed by atoms with Crippen LogP contribution < -0.4 is 4.90 Å². The molecule has 0 aliphatic carbocycles. The van der Waals surface area contributed by atoms with Crippen molar-refractivity contribution in [3.8, 4) is 0 Å². The molecule has 9 heteroatoms. The number of rotatable bonds is 2. The first-order valence-electron chi connectivity index (χ1n) is 9.12. The van der Waals surface area contributed by atoms with Crippen LogP contribution in [-0.4, -0.2) is 61.9 Å². The van der Waals surface area contributed by atoms with Crippen LogP contribution in [0, 0.1) is 18.2 Å². The summed E-state index contributed by atoms with van der Waals surface area (Å²) in [5.74, 6) is -0.197. The average molecular weight is 391 g/mol. The molecule has 2 aliphatic heterocycles. The van der Waals surface area contributed by atoms with E-state index in [0.717, 1.165) is 24.6 Å². The van der Waals surface area contributed by atoms with Crippen molar-refractivity contribution in [1.29, 1.82) is 0 Å². The van der Waals surface area contributed by atoms with Crippen molar-refractivity contribution in [3.05, 3.63) is 35.5 Å². The minimum absolute atomic E-state index is 0.145. The Kier molecular flexibility index (Phi) is 4.81. The minimum atomic E-state index is -0.536. The first-order chi connectivity index (χ1) is 13.0. The van der Waals surface area contributed by atoms with Crippen LogP contribution in [0.4, 0.5) is 10.2 Å². The van der Waals surface area contributed by atoms with Crippen LogP contribution in [0.3, 0.4) is 0 Å². The van der Waals surface area contributed by atoms with Crippen LogP contribution in [0.1, 0.15) is 35.4 Å². The highest BCUT2D eigenvalue weighted by Crippen LogP contribution is 2.40. The van der Waals surface area contributed by atoms with Crippen molar-refractivity contribution in [2.75, 3.05) is 31.1 Å². The van der Waals surface area contributed by atoms with Crippen LogP contribution in [0.15, 0.2) is 18.3 Å². The molecule has 1 N–H and O–H groups in total. The summed E-state index contributed by atoms with van der Waals surface area (Å²) >= 11 is 1.03. The maximum absolute atomic E-state index is 14.2. The second-order valence-corrected chi connectivity index (χ2v) is 7.95. The molecule has 0 saturated carbocycles. The number of carbonyl (C=O) groups is 1. The lowest BCUT2D eigenvalue weighted by molar-refractivity contribution is -0.0364. The third-order valence-electron chi connectivity index (χ3n) is 5.67.